The maximum atomic E-state index is 13.1. The molecule has 0 amide bonds. The zero-order valence-corrected chi connectivity index (χ0v) is 15.2. The molecular formula is C20H17FN4OS. The molecule has 136 valence electrons. The molecule has 3 aromatic carbocycles. The summed E-state index contributed by atoms with van der Waals surface area (Å²) < 4.78 is 21.3. The number of aromatic amines is 1. The number of aromatic nitrogens is 3. The molecule has 0 fully saturated rings. The van der Waals surface area contributed by atoms with Crippen LogP contribution in [-0.4, -0.2) is 14.9 Å². The number of halogens is 1. The lowest BCUT2D eigenvalue weighted by Gasteiger charge is -2.16. The molecule has 0 saturated carbocycles. The molecule has 4 aromatic rings. The van der Waals surface area contributed by atoms with Crippen LogP contribution in [0.2, 0.25) is 0 Å². The Hall–Kier alpha value is -3.19. The lowest BCUT2D eigenvalue weighted by Crippen LogP contribution is -2.14. The fourth-order valence-electron chi connectivity index (χ4n) is 2.90. The summed E-state index contributed by atoms with van der Waals surface area (Å²) in [5.74, 6) is 0.506. The van der Waals surface area contributed by atoms with Crippen molar-refractivity contribution in [1.29, 1.82) is 0 Å². The van der Waals surface area contributed by atoms with Gasteiger partial charge in [0.2, 0.25) is 4.77 Å². The van der Waals surface area contributed by atoms with E-state index >= 15 is 0 Å². The molecule has 0 aliphatic rings. The summed E-state index contributed by atoms with van der Waals surface area (Å²) in [5.41, 5.74) is 5.15. The summed E-state index contributed by atoms with van der Waals surface area (Å²) in [5, 5.41) is 8.84. The summed E-state index contributed by atoms with van der Waals surface area (Å²) in [6.45, 7) is 0.866. The maximum Gasteiger partial charge on any atom is 0.214 e. The summed E-state index contributed by atoms with van der Waals surface area (Å²) in [6.07, 6.45) is 1.59. The highest BCUT2D eigenvalue weighted by Gasteiger charge is 2.10. The number of ether oxygens (including phenoxy) is 1. The Morgan fingerprint density at radius 1 is 1.07 bits per heavy atom. The van der Waals surface area contributed by atoms with Crippen LogP contribution in [0, 0.1) is 10.6 Å². The number of nitrogens with zero attached hydrogens (tertiary/aromatic N) is 2. The Balaban J connectivity index is 1.63. The fraction of sp³-hybridized carbons (Fsp3) is 0.100. The standard InChI is InChI=1S/C20H17FN4OS/c21-16-8-5-14(6-9-16)12-26-19-10-7-15-3-1-2-4-17(15)18(19)11-23-25-13-22-24-20(25)27/h1-10,13,23H,11-12H2,(H,24,27). The maximum absolute atomic E-state index is 13.1. The molecule has 0 aliphatic carbocycles. The zero-order chi connectivity index (χ0) is 18.6. The molecule has 4 rings (SSSR count). The van der Waals surface area contributed by atoms with Crippen molar-refractivity contribution in [2.75, 3.05) is 5.43 Å². The monoisotopic (exact) mass is 380 g/mol. The van der Waals surface area contributed by atoms with Crippen LogP contribution in [0.4, 0.5) is 4.39 Å². The highest BCUT2D eigenvalue weighted by molar-refractivity contribution is 7.71. The van der Waals surface area contributed by atoms with Gasteiger partial charge >= 0.3 is 0 Å². The van der Waals surface area contributed by atoms with E-state index in [-0.39, 0.29) is 5.82 Å². The van der Waals surface area contributed by atoms with Gasteiger partial charge in [-0.05, 0) is 46.8 Å². The van der Waals surface area contributed by atoms with Crippen LogP contribution in [0.5, 0.6) is 5.75 Å². The first kappa shape index (κ1) is 17.2. The van der Waals surface area contributed by atoms with Gasteiger partial charge in [0.1, 0.15) is 24.5 Å². The van der Waals surface area contributed by atoms with Crippen molar-refractivity contribution in [2.45, 2.75) is 13.2 Å². The second-order valence-electron chi connectivity index (χ2n) is 6.04. The Labute approximate surface area is 160 Å². The van der Waals surface area contributed by atoms with Crippen molar-refractivity contribution in [3.05, 3.63) is 88.7 Å². The Morgan fingerprint density at radius 2 is 1.89 bits per heavy atom. The van der Waals surface area contributed by atoms with E-state index in [9.17, 15) is 4.39 Å². The smallest absolute Gasteiger partial charge is 0.214 e. The third-order valence-electron chi connectivity index (χ3n) is 4.28. The molecule has 1 heterocycles. The van der Waals surface area contributed by atoms with E-state index in [2.05, 4.69) is 27.8 Å². The minimum atomic E-state index is -0.258. The number of fused-ring (bicyclic) bond motifs is 1. The molecule has 2 N–H and O–H groups in total. The normalized spacial score (nSPS) is 10.9. The second kappa shape index (κ2) is 7.59. The van der Waals surface area contributed by atoms with Gasteiger partial charge in [0.25, 0.3) is 0 Å². The van der Waals surface area contributed by atoms with Crippen molar-refractivity contribution in [2.24, 2.45) is 0 Å². The Kier molecular flexibility index (Phi) is 4.84. The Morgan fingerprint density at radius 3 is 2.67 bits per heavy atom. The highest BCUT2D eigenvalue weighted by Crippen LogP contribution is 2.29. The lowest BCUT2D eigenvalue weighted by atomic mass is 10.0. The molecule has 0 atom stereocenters. The molecule has 27 heavy (non-hydrogen) atoms. The molecule has 5 nitrogen and oxygen atoms in total. The van der Waals surface area contributed by atoms with Gasteiger partial charge in [-0.15, -0.1) is 0 Å². The van der Waals surface area contributed by atoms with Crippen molar-refractivity contribution in [3.8, 4) is 5.75 Å². The van der Waals surface area contributed by atoms with E-state index in [1.54, 1.807) is 23.1 Å². The van der Waals surface area contributed by atoms with Gasteiger partial charge in [-0.25, -0.2) is 9.07 Å². The fourth-order valence-corrected chi connectivity index (χ4v) is 3.06. The first-order valence-electron chi connectivity index (χ1n) is 8.44. The lowest BCUT2D eigenvalue weighted by molar-refractivity contribution is 0.303. The van der Waals surface area contributed by atoms with E-state index < -0.39 is 0 Å². The van der Waals surface area contributed by atoms with Crippen molar-refractivity contribution in [1.82, 2.24) is 14.9 Å². The van der Waals surface area contributed by atoms with Crippen molar-refractivity contribution in [3.63, 3.8) is 0 Å². The SMILES string of the molecule is Fc1ccc(COc2ccc3ccccc3c2CNn2cn[nH]c2=S)cc1. The molecule has 1 aromatic heterocycles. The largest absolute Gasteiger partial charge is 0.489 e. The van der Waals surface area contributed by atoms with E-state index in [1.165, 1.54) is 12.1 Å². The minimum Gasteiger partial charge on any atom is -0.489 e. The van der Waals surface area contributed by atoms with Gasteiger partial charge in [-0.2, -0.15) is 5.10 Å². The summed E-state index contributed by atoms with van der Waals surface area (Å²) in [6, 6.07) is 18.4. The molecule has 0 spiro atoms. The van der Waals surface area contributed by atoms with Crippen LogP contribution < -0.4 is 10.2 Å². The Bertz CT molecular complexity index is 1120. The first-order chi connectivity index (χ1) is 13.2. The van der Waals surface area contributed by atoms with Crippen LogP contribution in [0.25, 0.3) is 10.8 Å². The number of benzene rings is 3. The second-order valence-corrected chi connectivity index (χ2v) is 6.43. The summed E-state index contributed by atoms with van der Waals surface area (Å²) in [4.78, 5) is 0. The van der Waals surface area contributed by atoms with E-state index in [1.807, 2.05) is 24.3 Å². The third kappa shape index (κ3) is 3.83. The van der Waals surface area contributed by atoms with E-state index in [4.69, 9.17) is 17.0 Å². The topological polar surface area (TPSA) is 54.9 Å². The van der Waals surface area contributed by atoms with Gasteiger partial charge < -0.3 is 10.2 Å². The van der Waals surface area contributed by atoms with E-state index in [0.717, 1.165) is 27.6 Å². The summed E-state index contributed by atoms with van der Waals surface area (Å²) >= 11 is 5.18. The van der Waals surface area contributed by atoms with Gasteiger partial charge in [0.05, 0.1) is 6.54 Å². The van der Waals surface area contributed by atoms with Gasteiger partial charge in [0, 0.05) is 5.56 Å². The van der Waals surface area contributed by atoms with Gasteiger partial charge in [-0.3, -0.25) is 5.10 Å². The third-order valence-corrected chi connectivity index (χ3v) is 4.57. The molecule has 0 saturated heterocycles. The molecule has 0 unspecified atom stereocenters. The first-order valence-corrected chi connectivity index (χ1v) is 8.85. The van der Waals surface area contributed by atoms with Crippen LogP contribution in [0.1, 0.15) is 11.1 Å². The number of hydrogen-bond acceptors (Lipinski definition) is 4. The number of nitrogens with one attached hydrogen (secondary N) is 2. The van der Waals surface area contributed by atoms with Crippen molar-refractivity contribution < 1.29 is 9.13 Å². The average molecular weight is 380 g/mol. The molecule has 7 heteroatoms. The predicted octanol–water partition coefficient (Wildman–Crippen LogP) is 4.56. The van der Waals surface area contributed by atoms with Gasteiger partial charge in [0.15, 0.2) is 0 Å². The molecule has 0 bridgehead atoms. The highest BCUT2D eigenvalue weighted by atomic mass is 32.1. The molecular weight excluding hydrogens is 363 g/mol. The average Bonchev–Trinajstić information content (AvgIpc) is 3.11. The quantitative estimate of drug-likeness (QED) is 0.482. The van der Waals surface area contributed by atoms with Crippen LogP contribution in [0.15, 0.2) is 67.0 Å². The van der Waals surface area contributed by atoms with Crippen LogP contribution in [0.3, 0.4) is 0 Å². The van der Waals surface area contributed by atoms with Gasteiger partial charge in [-0.1, -0.05) is 42.5 Å². The van der Waals surface area contributed by atoms with Crippen LogP contribution >= 0.6 is 12.2 Å². The van der Waals surface area contributed by atoms with Crippen molar-refractivity contribution >= 4 is 23.0 Å². The number of rotatable bonds is 6. The van der Waals surface area contributed by atoms with Crippen LogP contribution in [-0.2, 0) is 13.2 Å². The predicted molar refractivity (Wildman–Crippen MR) is 105 cm³/mol. The number of hydrogen-bond donors (Lipinski definition) is 2. The molecule has 0 aliphatic heterocycles. The minimum absolute atomic E-state index is 0.258. The molecule has 0 radical (unpaired) electrons. The summed E-state index contributed by atoms with van der Waals surface area (Å²) in [7, 11) is 0. The zero-order valence-electron chi connectivity index (χ0n) is 14.4. The number of H-pyrrole nitrogens is 1. The van der Waals surface area contributed by atoms with E-state index in [0.29, 0.717) is 17.9 Å².